The standard InChI is InChI=1S/C37H70O4/c1-3-5-7-9-11-13-14-15-16-17-18-20-26-30-34-37(40)41-35(31-27-23-19-12-10-8-6-4-2)32-28-24-21-22-25-29-33-36(38)39/h13-14,35H,3-12,15-34H2,1-2H3,(H,38,39)/b14-13-. The summed E-state index contributed by atoms with van der Waals surface area (Å²) >= 11 is 0. The Morgan fingerprint density at radius 3 is 1.34 bits per heavy atom. The van der Waals surface area contributed by atoms with Crippen molar-refractivity contribution >= 4 is 11.9 Å². The number of carbonyl (C=O) groups excluding carboxylic acids is 1. The van der Waals surface area contributed by atoms with E-state index in [1.807, 2.05) is 0 Å². The number of carbonyl (C=O) groups is 2. The second-order valence-electron chi connectivity index (χ2n) is 12.4. The van der Waals surface area contributed by atoms with E-state index in [0.29, 0.717) is 6.42 Å². The third-order valence-corrected chi connectivity index (χ3v) is 8.24. The highest BCUT2D eigenvalue weighted by molar-refractivity contribution is 5.69. The van der Waals surface area contributed by atoms with Gasteiger partial charge in [0.05, 0.1) is 0 Å². The van der Waals surface area contributed by atoms with Gasteiger partial charge in [-0.15, -0.1) is 0 Å². The molecule has 0 aliphatic carbocycles. The molecule has 0 saturated carbocycles. The highest BCUT2D eigenvalue weighted by Gasteiger charge is 2.14. The third kappa shape index (κ3) is 33.1. The van der Waals surface area contributed by atoms with Crippen LogP contribution in [0.5, 0.6) is 0 Å². The largest absolute Gasteiger partial charge is 0.481 e. The van der Waals surface area contributed by atoms with Crippen LogP contribution in [-0.4, -0.2) is 23.1 Å². The first-order chi connectivity index (χ1) is 20.1. The first-order valence-electron chi connectivity index (χ1n) is 18.2. The van der Waals surface area contributed by atoms with Crippen LogP contribution in [0.4, 0.5) is 0 Å². The van der Waals surface area contributed by atoms with E-state index in [4.69, 9.17) is 9.84 Å². The molecule has 0 saturated heterocycles. The molecule has 0 aliphatic rings. The maximum atomic E-state index is 12.6. The van der Waals surface area contributed by atoms with Crippen LogP contribution < -0.4 is 0 Å². The molecule has 1 unspecified atom stereocenters. The van der Waals surface area contributed by atoms with Gasteiger partial charge >= 0.3 is 11.9 Å². The third-order valence-electron chi connectivity index (χ3n) is 8.24. The Morgan fingerprint density at radius 2 is 0.878 bits per heavy atom. The minimum atomic E-state index is -0.692. The van der Waals surface area contributed by atoms with Crippen LogP contribution in [0.3, 0.4) is 0 Å². The highest BCUT2D eigenvalue weighted by Crippen LogP contribution is 2.19. The Bertz CT molecular complexity index is 585. The average molecular weight is 579 g/mol. The van der Waals surface area contributed by atoms with Crippen molar-refractivity contribution in [2.24, 2.45) is 0 Å². The lowest BCUT2D eigenvalue weighted by Crippen LogP contribution is -2.18. The molecule has 0 rings (SSSR count). The molecule has 4 nitrogen and oxygen atoms in total. The number of allylic oxidation sites excluding steroid dienone is 2. The number of hydrogen-bond acceptors (Lipinski definition) is 3. The lowest BCUT2D eigenvalue weighted by atomic mass is 10.0. The van der Waals surface area contributed by atoms with Gasteiger partial charge in [0, 0.05) is 12.8 Å². The molecule has 0 heterocycles. The fourth-order valence-corrected chi connectivity index (χ4v) is 5.53. The Balaban J connectivity index is 4.00. The van der Waals surface area contributed by atoms with Gasteiger partial charge in [-0.25, -0.2) is 0 Å². The number of carboxylic acids is 1. The number of rotatable bonds is 33. The molecule has 1 atom stereocenters. The van der Waals surface area contributed by atoms with Crippen LogP contribution in [-0.2, 0) is 14.3 Å². The number of unbranched alkanes of at least 4 members (excludes halogenated alkanes) is 22. The van der Waals surface area contributed by atoms with E-state index in [9.17, 15) is 9.59 Å². The van der Waals surface area contributed by atoms with Gasteiger partial charge in [0.2, 0.25) is 0 Å². The van der Waals surface area contributed by atoms with E-state index in [2.05, 4.69) is 26.0 Å². The predicted molar refractivity (Wildman–Crippen MR) is 177 cm³/mol. The van der Waals surface area contributed by atoms with Crippen molar-refractivity contribution < 1.29 is 19.4 Å². The van der Waals surface area contributed by atoms with Crippen molar-refractivity contribution in [2.75, 3.05) is 0 Å². The molecule has 0 aromatic rings. The van der Waals surface area contributed by atoms with E-state index in [1.165, 1.54) is 109 Å². The Morgan fingerprint density at radius 1 is 0.512 bits per heavy atom. The van der Waals surface area contributed by atoms with Crippen molar-refractivity contribution in [3.8, 4) is 0 Å². The molecule has 0 aromatic heterocycles. The van der Waals surface area contributed by atoms with Gasteiger partial charge in [0.1, 0.15) is 6.10 Å². The van der Waals surface area contributed by atoms with Gasteiger partial charge in [-0.3, -0.25) is 9.59 Å². The Labute approximate surface area is 255 Å². The van der Waals surface area contributed by atoms with Crippen molar-refractivity contribution in [1.29, 1.82) is 0 Å². The van der Waals surface area contributed by atoms with Crippen LogP contribution in [0.25, 0.3) is 0 Å². The second-order valence-corrected chi connectivity index (χ2v) is 12.4. The van der Waals surface area contributed by atoms with E-state index in [1.54, 1.807) is 0 Å². The zero-order chi connectivity index (χ0) is 30.1. The molecule has 0 fully saturated rings. The Kier molecular flexibility index (Phi) is 32.1. The number of carboxylic acid groups (broad SMARTS) is 1. The van der Waals surface area contributed by atoms with E-state index in [0.717, 1.165) is 70.6 Å². The lowest BCUT2D eigenvalue weighted by molar-refractivity contribution is -0.150. The van der Waals surface area contributed by atoms with Gasteiger partial charge in [-0.2, -0.15) is 0 Å². The SMILES string of the molecule is CCCCCC/C=C\CCCCCCCCC(=O)OC(CCCCCCCCCC)CCCCCCCCC(=O)O. The molecular weight excluding hydrogens is 508 g/mol. The van der Waals surface area contributed by atoms with Crippen molar-refractivity contribution in [2.45, 2.75) is 213 Å². The second kappa shape index (κ2) is 33.2. The summed E-state index contributed by atoms with van der Waals surface area (Å²) in [6.07, 6.45) is 39.4. The maximum Gasteiger partial charge on any atom is 0.306 e. The smallest absolute Gasteiger partial charge is 0.306 e. The molecule has 0 aliphatic heterocycles. The average Bonchev–Trinajstić information content (AvgIpc) is 2.95. The van der Waals surface area contributed by atoms with Crippen LogP contribution in [0, 0.1) is 0 Å². The molecule has 0 radical (unpaired) electrons. The zero-order valence-corrected chi connectivity index (χ0v) is 27.6. The summed E-state index contributed by atoms with van der Waals surface area (Å²) in [6, 6.07) is 0. The van der Waals surface area contributed by atoms with E-state index >= 15 is 0 Å². The summed E-state index contributed by atoms with van der Waals surface area (Å²) in [5.74, 6) is -0.685. The molecular formula is C37H70O4. The van der Waals surface area contributed by atoms with Crippen LogP contribution in [0.15, 0.2) is 12.2 Å². The summed E-state index contributed by atoms with van der Waals surface area (Å²) in [5.41, 5.74) is 0. The van der Waals surface area contributed by atoms with Crippen LogP contribution in [0.2, 0.25) is 0 Å². The normalized spacial score (nSPS) is 12.2. The number of esters is 1. The molecule has 0 bridgehead atoms. The highest BCUT2D eigenvalue weighted by atomic mass is 16.5. The van der Waals surface area contributed by atoms with Gasteiger partial charge in [0.25, 0.3) is 0 Å². The molecule has 4 heteroatoms. The fourth-order valence-electron chi connectivity index (χ4n) is 5.53. The quantitative estimate of drug-likeness (QED) is 0.0478. The maximum absolute atomic E-state index is 12.6. The van der Waals surface area contributed by atoms with Gasteiger partial charge < -0.3 is 9.84 Å². The summed E-state index contributed by atoms with van der Waals surface area (Å²) < 4.78 is 5.98. The number of aliphatic carboxylic acids is 1. The summed E-state index contributed by atoms with van der Waals surface area (Å²) in [4.78, 5) is 23.2. The van der Waals surface area contributed by atoms with E-state index in [-0.39, 0.29) is 18.5 Å². The minimum Gasteiger partial charge on any atom is -0.481 e. The van der Waals surface area contributed by atoms with Gasteiger partial charge in [0.15, 0.2) is 0 Å². The fraction of sp³-hybridized carbons (Fsp3) is 0.892. The lowest BCUT2D eigenvalue weighted by Gasteiger charge is -2.18. The van der Waals surface area contributed by atoms with Crippen molar-refractivity contribution in [3.05, 3.63) is 12.2 Å². The Hall–Kier alpha value is -1.32. The molecule has 1 N–H and O–H groups in total. The summed E-state index contributed by atoms with van der Waals surface area (Å²) in [6.45, 7) is 4.52. The van der Waals surface area contributed by atoms with Gasteiger partial charge in [-0.05, 0) is 64.2 Å². The first-order valence-corrected chi connectivity index (χ1v) is 18.2. The molecule has 0 amide bonds. The molecule has 0 aromatic carbocycles. The molecule has 41 heavy (non-hydrogen) atoms. The molecule has 0 spiro atoms. The number of ether oxygens (including phenoxy) is 1. The first kappa shape index (κ1) is 39.7. The summed E-state index contributed by atoms with van der Waals surface area (Å²) in [5, 5.41) is 8.76. The zero-order valence-electron chi connectivity index (χ0n) is 27.6. The van der Waals surface area contributed by atoms with Crippen molar-refractivity contribution in [3.63, 3.8) is 0 Å². The van der Waals surface area contributed by atoms with Crippen molar-refractivity contribution in [1.82, 2.24) is 0 Å². The minimum absolute atomic E-state index is 0.00677. The topological polar surface area (TPSA) is 63.6 Å². The summed E-state index contributed by atoms with van der Waals surface area (Å²) in [7, 11) is 0. The monoisotopic (exact) mass is 579 g/mol. The molecule has 242 valence electrons. The number of hydrogen-bond donors (Lipinski definition) is 1. The van der Waals surface area contributed by atoms with Gasteiger partial charge in [-0.1, -0.05) is 142 Å². The van der Waals surface area contributed by atoms with Crippen LogP contribution >= 0.6 is 0 Å². The predicted octanol–water partition coefficient (Wildman–Crippen LogP) is 12.3. The van der Waals surface area contributed by atoms with E-state index < -0.39 is 5.97 Å². The van der Waals surface area contributed by atoms with Crippen LogP contribution in [0.1, 0.15) is 206 Å².